The average Bonchev–Trinajstić information content (AvgIpc) is 2.02. The van der Waals surface area contributed by atoms with Crippen molar-refractivity contribution in [1.82, 2.24) is 0 Å². The Morgan fingerprint density at radius 3 is 2.18 bits per heavy atom. The van der Waals surface area contributed by atoms with Gasteiger partial charge >= 0.3 is 0 Å². The predicted molar refractivity (Wildman–Crippen MR) is 51.9 cm³/mol. The minimum absolute atomic E-state index is 0.337. The second-order valence-corrected chi connectivity index (χ2v) is 2.85. The molecule has 1 nitrogen and oxygen atoms in total. The zero-order valence-corrected chi connectivity index (χ0v) is 8.64. The molecule has 0 aromatic heterocycles. The van der Waals surface area contributed by atoms with E-state index in [0.29, 0.717) is 5.75 Å². The minimum Gasteiger partial charge on any atom is -0.508 e. The summed E-state index contributed by atoms with van der Waals surface area (Å²) in [5.74, 6) is 0.337. The second kappa shape index (κ2) is 5.19. The van der Waals surface area contributed by atoms with Crippen LogP contribution in [0.4, 0.5) is 0 Å². The van der Waals surface area contributed by atoms with Crippen molar-refractivity contribution in [2.45, 2.75) is 20.8 Å². The molecule has 0 saturated carbocycles. The molecule has 0 atom stereocenters. The highest BCUT2D eigenvalue weighted by molar-refractivity contribution is 9.10. The summed E-state index contributed by atoms with van der Waals surface area (Å²) in [6.45, 7) is 5.86. The molecule has 1 N–H and O–H groups in total. The van der Waals surface area contributed by atoms with Crippen molar-refractivity contribution in [3.05, 3.63) is 28.2 Å². The summed E-state index contributed by atoms with van der Waals surface area (Å²) < 4.78 is 0.908. The number of phenols is 1. The van der Waals surface area contributed by atoms with Gasteiger partial charge in [0.2, 0.25) is 0 Å². The molecule has 0 unspecified atom stereocenters. The van der Waals surface area contributed by atoms with Crippen molar-refractivity contribution >= 4 is 15.9 Å². The van der Waals surface area contributed by atoms with Gasteiger partial charge in [-0.15, -0.1) is 0 Å². The number of halogens is 1. The Kier molecular flexibility index (Phi) is 4.95. The molecular weight excluding hydrogens is 204 g/mol. The van der Waals surface area contributed by atoms with E-state index in [4.69, 9.17) is 5.11 Å². The zero-order chi connectivity index (χ0) is 8.85. The van der Waals surface area contributed by atoms with Crippen molar-refractivity contribution in [1.29, 1.82) is 0 Å². The van der Waals surface area contributed by atoms with Crippen molar-refractivity contribution in [3.63, 3.8) is 0 Å². The number of benzene rings is 1. The van der Waals surface area contributed by atoms with Crippen LogP contribution in [0.25, 0.3) is 0 Å². The topological polar surface area (TPSA) is 20.2 Å². The molecule has 2 heteroatoms. The van der Waals surface area contributed by atoms with E-state index in [1.165, 1.54) is 0 Å². The fourth-order valence-corrected chi connectivity index (χ4v) is 0.932. The lowest BCUT2D eigenvalue weighted by Crippen LogP contribution is -1.71. The molecule has 62 valence electrons. The molecule has 0 aliphatic carbocycles. The van der Waals surface area contributed by atoms with E-state index in [2.05, 4.69) is 15.9 Å². The van der Waals surface area contributed by atoms with Gasteiger partial charge < -0.3 is 5.11 Å². The highest BCUT2D eigenvalue weighted by Gasteiger charge is 1.93. The van der Waals surface area contributed by atoms with E-state index in [-0.39, 0.29) is 0 Å². The van der Waals surface area contributed by atoms with Crippen molar-refractivity contribution in [2.75, 3.05) is 0 Å². The number of rotatable bonds is 0. The Balaban J connectivity index is 0.000000461. The number of aromatic hydroxyl groups is 1. The van der Waals surface area contributed by atoms with Crippen LogP contribution in [0.15, 0.2) is 22.7 Å². The SMILES string of the molecule is CC.Cc1ccc(Br)cc1O. The largest absolute Gasteiger partial charge is 0.508 e. The molecule has 0 radical (unpaired) electrons. The van der Waals surface area contributed by atoms with Gasteiger partial charge in [0.25, 0.3) is 0 Å². The Morgan fingerprint density at radius 1 is 1.27 bits per heavy atom. The first-order valence-electron chi connectivity index (χ1n) is 3.65. The monoisotopic (exact) mass is 216 g/mol. The van der Waals surface area contributed by atoms with Gasteiger partial charge in [-0.3, -0.25) is 0 Å². The Hall–Kier alpha value is -0.500. The summed E-state index contributed by atoms with van der Waals surface area (Å²) in [5.41, 5.74) is 0.901. The van der Waals surface area contributed by atoms with Gasteiger partial charge in [0.1, 0.15) is 5.75 Å². The highest BCUT2D eigenvalue weighted by atomic mass is 79.9. The van der Waals surface area contributed by atoms with Crippen LogP contribution in [-0.4, -0.2) is 5.11 Å². The lowest BCUT2D eigenvalue weighted by Gasteiger charge is -1.95. The molecule has 11 heavy (non-hydrogen) atoms. The molecule has 0 saturated heterocycles. The fraction of sp³-hybridized carbons (Fsp3) is 0.333. The van der Waals surface area contributed by atoms with Crippen LogP contribution in [-0.2, 0) is 0 Å². The van der Waals surface area contributed by atoms with Gasteiger partial charge in [-0.2, -0.15) is 0 Å². The van der Waals surface area contributed by atoms with E-state index >= 15 is 0 Å². The summed E-state index contributed by atoms with van der Waals surface area (Å²) in [6.07, 6.45) is 0. The summed E-state index contributed by atoms with van der Waals surface area (Å²) in [6, 6.07) is 5.43. The van der Waals surface area contributed by atoms with Crippen molar-refractivity contribution < 1.29 is 5.11 Å². The lowest BCUT2D eigenvalue weighted by atomic mass is 10.2. The molecule has 0 amide bonds. The van der Waals surface area contributed by atoms with E-state index < -0.39 is 0 Å². The van der Waals surface area contributed by atoms with E-state index in [9.17, 15) is 0 Å². The van der Waals surface area contributed by atoms with Crippen LogP contribution in [0.5, 0.6) is 5.75 Å². The molecule has 1 aromatic carbocycles. The Labute approximate surface area is 76.2 Å². The first-order valence-corrected chi connectivity index (χ1v) is 4.44. The summed E-state index contributed by atoms with van der Waals surface area (Å²) in [5, 5.41) is 9.07. The maximum atomic E-state index is 9.07. The van der Waals surface area contributed by atoms with Crippen LogP contribution in [0, 0.1) is 6.92 Å². The molecule has 0 spiro atoms. The van der Waals surface area contributed by atoms with Gasteiger partial charge in [-0.25, -0.2) is 0 Å². The normalized spacial score (nSPS) is 8.36. The number of aryl methyl sites for hydroxylation is 1. The lowest BCUT2D eigenvalue weighted by molar-refractivity contribution is 0.471. The molecule has 0 aliphatic rings. The summed E-state index contributed by atoms with van der Waals surface area (Å²) in [4.78, 5) is 0. The second-order valence-electron chi connectivity index (χ2n) is 1.93. The van der Waals surface area contributed by atoms with Crippen molar-refractivity contribution in [2.24, 2.45) is 0 Å². The maximum absolute atomic E-state index is 9.07. The predicted octanol–water partition coefficient (Wildman–Crippen LogP) is 3.49. The third-order valence-corrected chi connectivity index (χ3v) is 1.66. The van der Waals surface area contributed by atoms with Crippen molar-refractivity contribution in [3.8, 4) is 5.75 Å². The smallest absolute Gasteiger partial charge is 0.119 e. The van der Waals surface area contributed by atoms with E-state index in [1.54, 1.807) is 6.07 Å². The van der Waals surface area contributed by atoms with Gasteiger partial charge in [-0.05, 0) is 24.6 Å². The van der Waals surface area contributed by atoms with Crippen LogP contribution >= 0.6 is 15.9 Å². The highest BCUT2D eigenvalue weighted by Crippen LogP contribution is 2.20. The van der Waals surface area contributed by atoms with Gasteiger partial charge in [0, 0.05) is 4.47 Å². The molecule has 0 bridgehead atoms. The number of hydrogen-bond acceptors (Lipinski definition) is 1. The van der Waals surface area contributed by atoms with E-state index in [0.717, 1.165) is 10.0 Å². The van der Waals surface area contributed by atoms with Crippen LogP contribution in [0.2, 0.25) is 0 Å². The molecule has 0 heterocycles. The van der Waals surface area contributed by atoms with Gasteiger partial charge in [-0.1, -0.05) is 35.8 Å². The Bertz CT molecular complexity index is 221. The standard InChI is InChI=1S/C7H7BrO.C2H6/c1-5-2-3-6(8)4-7(5)9;1-2/h2-4,9H,1H3;1-2H3. The quantitative estimate of drug-likeness (QED) is 0.705. The Morgan fingerprint density at radius 2 is 1.82 bits per heavy atom. The maximum Gasteiger partial charge on any atom is 0.119 e. The van der Waals surface area contributed by atoms with Gasteiger partial charge in [0.15, 0.2) is 0 Å². The van der Waals surface area contributed by atoms with Gasteiger partial charge in [0.05, 0.1) is 0 Å². The average molecular weight is 217 g/mol. The molecule has 0 fully saturated rings. The number of phenolic OH excluding ortho intramolecular Hbond substituents is 1. The molecule has 1 rings (SSSR count). The molecular formula is C9H13BrO. The van der Waals surface area contributed by atoms with Crippen LogP contribution in [0.1, 0.15) is 19.4 Å². The fourth-order valence-electron chi connectivity index (χ4n) is 0.583. The first-order chi connectivity index (χ1) is 5.20. The zero-order valence-electron chi connectivity index (χ0n) is 7.06. The van der Waals surface area contributed by atoms with Crippen LogP contribution < -0.4 is 0 Å². The van der Waals surface area contributed by atoms with Crippen LogP contribution in [0.3, 0.4) is 0 Å². The minimum atomic E-state index is 0.337. The summed E-state index contributed by atoms with van der Waals surface area (Å²) in [7, 11) is 0. The molecule has 0 aliphatic heterocycles. The number of hydrogen-bond donors (Lipinski definition) is 1. The third kappa shape index (κ3) is 3.42. The molecule has 1 aromatic rings. The van der Waals surface area contributed by atoms with E-state index in [1.807, 2.05) is 32.9 Å². The summed E-state index contributed by atoms with van der Waals surface area (Å²) >= 11 is 3.24. The third-order valence-electron chi connectivity index (χ3n) is 1.17. The first kappa shape index (κ1) is 10.5.